The smallest absolute Gasteiger partial charge is 0.254 e. The van der Waals surface area contributed by atoms with Crippen LogP contribution < -0.4 is 5.32 Å². The molecule has 0 spiro atoms. The number of carbonyl (C=O) groups excluding carboxylic acids is 2. The second-order valence-electron chi connectivity index (χ2n) is 5.60. The van der Waals surface area contributed by atoms with Gasteiger partial charge in [0.1, 0.15) is 0 Å². The molecule has 0 bridgehead atoms. The van der Waals surface area contributed by atoms with Crippen molar-refractivity contribution < 1.29 is 18.0 Å². The number of para-hydroxylation sites is 1. The summed E-state index contributed by atoms with van der Waals surface area (Å²) >= 11 is 12.0. The normalized spacial score (nSPS) is 11.1. The van der Waals surface area contributed by atoms with E-state index in [1.165, 1.54) is 36.2 Å². The van der Waals surface area contributed by atoms with Crippen molar-refractivity contribution in [2.75, 3.05) is 25.2 Å². The number of carbonyl (C=O) groups is 2. The zero-order valence-corrected chi connectivity index (χ0v) is 16.3. The zero-order chi connectivity index (χ0) is 19.5. The van der Waals surface area contributed by atoms with Gasteiger partial charge in [0.25, 0.3) is 5.91 Å². The Morgan fingerprint density at radius 3 is 2.08 bits per heavy atom. The van der Waals surface area contributed by atoms with E-state index in [0.29, 0.717) is 0 Å². The number of hydrogen-bond acceptors (Lipinski definition) is 4. The molecule has 0 saturated carbocycles. The van der Waals surface area contributed by atoms with E-state index in [0.717, 1.165) is 6.26 Å². The fourth-order valence-corrected chi connectivity index (χ4v) is 3.27. The van der Waals surface area contributed by atoms with Crippen LogP contribution in [0.5, 0.6) is 0 Å². The van der Waals surface area contributed by atoms with Crippen molar-refractivity contribution in [2.24, 2.45) is 0 Å². The highest BCUT2D eigenvalue weighted by molar-refractivity contribution is 7.90. The highest BCUT2D eigenvalue weighted by atomic mass is 35.5. The molecular formula is C17H16Cl2N2O4S. The number of amides is 2. The SMILES string of the molecule is CN(CC(=O)Nc1c(Cl)cccc1Cl)C(=O)c1ccc(S(C)(=O)=O)cc1. The van der Waals surface area contributed by atoms with Gasteiger partial charge in [0.05, 0.1) is 27.2 Å². The first-order valence-corrected chi connectivity index (χ1v) is 10.0. The molecule has 0 fully saturated rings. The maximum atomic E-state index is 12.4. The quantitative estimate of drug-likeness (QED) is 0.814. The number of sulfone groups is 1. The molecule has 138 valence electrons. The van der Waals surface area contributed by atoms with Crippen molar-refractivity contribution in [3.8, 4) is 0 Å². The van der Waals surface area contributed by atoms with Gasteiger partial charge in [-0.1, -0.05) is 29.3 Å². The summed E-state index contributed by atoms with van der Waals surface area (Å²) < 4.78 is 22.9. The summed E-state index contributed by atoms with van der Waals surface area (Å²) in [5, 5.41) is 3.14. The van der Waals surface area contributed by atoms with Crippen LogP contribution in [0, 0.1) is 0 Å². The zero-order valence-electron chi connectivity index (χ0n) is 14.0. The summed E-state index contributed by atoms with van der Waals surface area (Å²) in [6.45, 7) is -0.228. The van der Waals surface area contributed by atoms with Crippen molar-refractivity contribution in [3.63, 3.8) is 0 Å². The molecule has 0 aliphatic rings. The Hall–Kier alpha value is -2.09. The minimum atomic E-state index is -3.34. The number of rotatable bonds is 5. The Labute approximate surface area is 161 Å². The summed E-state index contributed by atoms with van der Waals surface area (Å²) in [7, 11) is -1.88. The maximum absolute atomic E-state index is 12.4. The van der Waals surface area contributed by atoms with E-state index in [-0.39, 0.29) is 32.7 Å². The minimum Gasteiger partial charge on any atom is -0.332 e. The predicted molar refractivity (Wildman–Crippen MR) is 102 cm³/mol. The average Bonchev–Trinajstić information content (AvgIpc) is 2.57. The molecule has 0 heterocycles. The standard InChI is InChI=1S/C17H16Cl2N2O4S/c1-21(10-15(22)20-16-13(18)4-3-5-14(16)19)17(23)11-6-8-12(9-7-11)26(2,24)25/h3-9H,10H2,1-2H3,(H,20,22). The van der Waals surface area contributed by atoms with E-state index in [2.05, 4.69) is 5.32 Å². The predicted octanol–water partition coefficient (Wildman–Crippen LogP) is 3.11. The first-order valence-electron chi connectivity index (χ1n) is 7.39. The fraction of sp³-hybridized carbons (Fsp3) is 0.176. The van der Waals surface area contributed by atoms with Crippen molar-refractivity contribution in [3.05, 3.63) is 58.1 Å². The third kappa shape index (κ3) is 4.97. The molecule has 6 nitrogen and oxygen atoms in total. The Morgan fingerprint density at radius 1 is 1.04 bits per heavy atom. The molecule has 2 aromatic rings. The molecule has 0 aromatic heterocycles. The summed E-state index contributed by atoms with van der Waals surface area (Å²) in [5.41, 5.74) is 0.544. The molecule has 9 heteroatoms. The highest BCUT2D eigenvalue weighted by Crippen LogP contribution is 2.29. The minimum absolute atomic E-state index is 0.114. The fourth-order valence-electron chi connectivity index (χ4n) is 2.15. The van der Waals surface area contributed by atoms with Crippen LogP contribution in [0.1, 0.15) is 10.4 Å². The summed E-state index contributed by atoms with van der Waals surface area (Å²) in [6, 6.07) is 10.3. The Bertz CT molecular complexity index is 923. The molecule has 0 saturated heterocycles. The molecule has 2 aromatic carbocycles. The molecule has 0 aliphatic heterocycles. The lowest BCUT2D eigenvalue weighted by Crippen LogP contribution is -2.35. The van der Waals surface area contributed by atoms with E-state index in [1.54, 1.807) is 18.2 Å². The first kappa shape index (κ1) is 20.2. The number of hydrogen-bond donors (Lipinski definition) is 1. The Balaban J connectivity index is 2.05. The number of likely N-dealkylation sites (N-methyl/N-ethyl adjacent to an activating group) is 1. The summed E-state index contributed by atoms with van der Waals surface area (Å²) in [4.78, 5) is 25.8. The molecule has 2 amide bonds. The van der Waals surface area contributed by atoms with Gasteiger partial charge in [0.15, 0.2) is 9.84 Å². The molecular weight excluding hydrogens is 399 g/mol. The van der Waals surface area contributed by atoms with Crippen LogP contribution in [0.15, 0.2) is 47.4 Å². The summed E-state index contributed by atoms with van der Waals surface area (Å²) in [6.07, 6.45) is 1.08. The number of nitrogens with zero attached hydrogens (tertiary/aromatic N) is 1. The van der Waals surface area contributed by atoms with Gasteiger partial charge in [-0.15, -0.1) is 0 Å². The number of halogens is 2. The lowest BCUT2D eigenvalue weighted by molar-refractivity contribution is -0.116. The van der Waals surface area contributed by atoms with Crippen molar-refractivity contribution in [1.82, 2.24) is 4.90 Å². The number of anilines is 1. The molecule has 0 atom stereocenters. The van der Waals surface area contributed by atoms with Crippen LogP contribution in [-0.4, -0.2) is 45.0 Å². The molecule has 2 rings (SSSR count). The molecule has 0 unspecified atom stereocenters. The Morgan fingerprint density at radius 2 is 1.58 bits per heavy atom. The van der Waals surface area contributed by atoms with Gasteiger partial charge in [0.2, 0.25) is 5.91 Å². The highest BCUT2D eigenvalue weighted by Gasteiger charge is 2.17. The lowest BCUT2D eigenvalue weighted by atomic mass is 10.2. The number of nitrogens with one attached hydrogen (secondary N) is 1. The van der Waals surface area contributed by atoms with E-state index in [4.69, 9.17) is 23.2 Å². The molecule has 1 N–H and O–H groups in total. The van der Waals surface area contributed by atoms with Gasteiger partial charge in [0, 0.05) is 18.9 Å². The largest absolute Gasteiger partial charge is 0.332 e. The van der Waals surface area contributed by atoms with Crippen LogP contribution in [0.4, 0.5) is 5.69 Å². The lowest BCUT2D eigenvalue weighted by Gasteiger charge is -2.17. The second kappa shape index (κ2) is 8.07. The monoisotopic (exact) mass is 414 g/mol. The van der Waals surface area contributed by atoms with E-state index >= 15 is 0 Å². The van der Waals surface area contributed by atoms with Crippen molar-refractivity contribution in [1.29, 1.82) is 0 Å². The Kier molecular flexibility index (Phi) is 6.28. The van der Waals surface area contributed by atoms with E-state index in [1.807, 2.05) is 0 Å². The van der Waals surface area contributed by atoms with Crippen LogP contribution >= 0.6 is 23.2 Å². The third-order valence-electron chi connectivity index (χ3n) is 3.48. The van der Waals surface area contributed by atoms with Crippen LogP contribution in [0.2, 0.25) is 10.0 Å². The van der Waals surface area contributed by atoms with Crippen molar-refractivity contribution >= 4 is 50.5 Å². The molecule has 0 radical (unpaired) electrons. The van der Waals surface area contributed by atoms with Crippen molar-refractivity contribution in [2.45, 2.75) is 4.90 Å². The van der Waals surface area contributed by atoms with E-state index < -0.39 is 21.7 Å². The molecule has 26 heavy (non-hydrogen) atoms. The first-order chi connectivity index (χ1) is 12.1. The molecule has 0 aliphatic carbocycles. The number of benzene rings is 2. The topological polar surface area (TPSA) is 83.6 Å². The van der Waals surface area contributed by atoms with Crippen LogP contribution in [-0.2, 0) is 14.6 Å². The van der Waals surface area contributed by atoms with Gasteiger partial charge >= 0.3 is 0 Å². The summed E-state index contributed by atoms with van der Waals surface area (Å²) in [5.74, 6) is -0.894. The average molecular weight is 415 g/mol. The van der Waals surface area contributed by atoms with Crippen LogP contribution in [0.3, 0.4) is 0 Å². The van der Waals surface area contributed by atoms with Gasteiger partial charge in [-0.05, 0) is 36.4 Å². The maximum Gasteiger partial charge on any atom is 0.254 e. The van der Waals surface area contributed by atoms with Gasteiger partial charge in [-0.2, -0.15) is 0 Å². The third-order valence-corrected chi connectivity index (χ3v) is 5.24. The van der Waals surface area contributed by atoms with Gasteiger partial charge in [-0.25, -0.2) is 8.42 Å². The van der Waals surface area contributed by atoms with Gasteiger partial charge in [-0.3, -0.25) is 9.59 Å². The van der Waals surface area contributed by atoms with Gasteiger partial charge < -0.3 is 10.2 Å². The second-order valence-corrected chi connectivity index (χ2v) is 8.43. The van der Waals surface area contributed by atoms with E-state index in [9.17, 15) is 18.0 Å². The van der Waals surface area contributed by atoms with Crippen LogP contribution in [0.25, 0.3) is 0 Å².